The molecular weight excluding hydrogens is 408 g/mol. The standard InChI is InChI=1S/C20H21F2N7O2/c1-30-18-16-13(14-6-7-15-23-8-9-29(15)28-14)10-24-17(16)26-20(27-18)25-11-2-4-12(5-3-11)31-19(21)22/h6-12,19H,2-5H2,1H3,(H2,24,25,26,27). The van der Waals surface area contributed by atoms with Crippen molar-refractivity contribution in [2.45, 2.75) is 44.4 Å². The monoisotopic (exact) mass is 429 g/mol. The fourth-order valence-corrected chi connectivity index (χ4v) is 4.04. The molecule has 0 bridgehead atoms. The number of nitrogens with one attached hydrogen (secondary N) is 2. The Morgan fingerprint density at radius 2 is 2.03 bits per heavy atom. The van der Waals surface area contributed by atoms with Gasteiger partial charge in [-0.25, -0.2) is 9.50 Å². The second-order valence-corrected chi connectivity index (χ2v) is 7.45. The molecule has 4 aromatic rings. The summed E-state index contributed by atoms with van der Waals surface area (Å²) in [6, 6.07) is 3.86. The molecule has 9 nitrogen and oxygen atoms in total. The number of aromatic amines is 1. The van der Waals surface area contributed by atoms with E-state index in [1.54, 1.807) is 24.0 Å². The summed E-state index contributed by atoms with van der Waals surface area (Å²) < 4.78 is 36.7. The van der Waals surface area contributed by atoms with Gasteiger partial charge >= 0.3 is 6.61 Å². The number of hydrogen-bond acceptors (Lipinski definition) is 7. The van der Waals surface area contributed by atoms with E-state index >= 15 is 0 Å². The molecule has 11 heteroatoms. The van der Waals surface area contributed by atoms with Gasteiger partial charge in [0.1, 0.15) is 5.65 Å². The number of fused-ring (bicyclic) bond motifs is 2. The van der Waals surface area contributed by atoms with E-state index in [1.165, 1.54) is 0 Å². The average molecular weight is 429 g/mol. The summed E-state index contributed by atoms with van der Waals surface area (Å²) in [6.07, 6.45) is 7.43. The van der Waals surface area contributed by atoms with Crippen molar-refractivity contribution in [2.24, 2.45) is 0 Å². The number of halogens is 2. The van der Waals surface area contributed by atoms with Gasteiger partial charge in [-0.2, -0.15) is 23.8 Å². The van der Waals surface area contributed by atoms with E-state index in [4.69, 9.17) is 4.74 Å². The maximum atomic E-state index is 12.4. The van der Waals surface area contributed by atoms with E-state index in [2.05, 4.69) is 35.1 Å². The van der Waals surface area contributed by atoms with Crippen LogP contribution in [0.5, 0.6) is 5.88 Å². The minimum Gasteiger partial charge on any atom is -0.480 e. The van der Waals surface area contributed by atoms with Gasteiger partial charge in [-0.15, -0.1) is 0 Å². The van der Waals surface area contributed by atoms with E-state index in [9.17, 15) is 8.78 Å². The summed E-state index contributed by atoms with van der Waals surface area (Å²) in [5.74, 6) is 0.847. The Bertz CT molecular complexity index is 1200. The molecular formula is C20H21F2N7O2. The molecule has 0 unspecified atom stereocenters. The highest BCUT2D eigenvalue weighted by atomic mass is 19.3. The summed E-state index contributed by atoms with van der Waals surface area (Å²) in [5, 5.41) is 8.62. The Morgan fingerprint density at radius 3 is 2.81 bits per heavy atom. The zero-order valence-electron chi connectivity index (χ0n) is 16.8. The summed E-state index contributed by atoms with van der Waals surface area (Å²) >= 11 is 0. The molecule has 4 aromatic heterocycles. The van der Waals surface area contributed by atoms with Crippen molar-refractivity contribution in [3.63, 3.8) is 0 Å². The van der Waals surface area contributed by atoms with Crippen LogP contribution in [0.15, 0.2) is 30.7 Å². The third kappa shape index (κ3) is 3.88. The molecule has 1 fully saturated rings. The second-order valence-electron chi connectivity index (χ2n) is 7.45. The third-order valence-electron chi connectivity index (χ3n) is 5.53. The topological polar surface area (TPSA) is 102 Å². The number of alkyl halides is 2. The van der Waals surface area contributed by atoms with Gasteiger partial charge in [0, 0.05) is 30.2 Å². The quantitative estimate of drug-likeness (QED) is 0.482. The van der Waals surface area contributed by atoms with Crippen LogP contribution in [0.1, 0.15) is 25.7 Å². The Hall–Kier alpha value is -3.34. The van der Waals surface area contributed by atoms with Crippen molar-refractivity contribution in [3.05, 3.63) is 30.7 Å². The number of rotatable bonds is 6. The van der Waals surface area contributed by atoms with Crippen molar-refractivity contribution < 1.29 is 18.3 Å². The highest BCUT2D eigenvalue weighted by Gasteiger charge is 2.25. The number of hydrogen-bond donors (Lipinski definition) is 2. The molecule has 0 aliphatic heterocycles. The Kier molecular flexibility index (Phi) is 5.10. The molecule has 31 heavy (non-hydrogen) atoms. The van der Waals surface area contributed by atoms with Gasteiger partial charge in [0.05, 0.1) is 24.3 Å². The first-order valence-corrected chi connectivity index (χ1v) is 10.0. The number of methoxy groups -OCH3 is 1. The predicted octanol–water partition coefficient (Wildman–Crippen LogP) is 3.64. The zero-order chi connectivity index (χ0) is 21.4. The summed E-state index contributed by atoms with van der Waals surface area (Å²) in [6.45, 7) is -2.73. The van der Waals surface area contributed by atoms with Gasteiger partial charge in [0.2, 0.25) is 11.8 Å². The van der Waals surface area contributed by atoms with Crippen LogP contribution in [-0.2, 0) is 4.74 Å². The molecule has 162 valence electrons. The molecule has 1 aliphatic carbocycles. The number of nitrogens with zero attached hydrogens (tertiary/aromatic N) is 5. The maximum Gasteiger partial charge on any atom is 0.345 e. The molecule has 1 aliphatic rings. The summed E-state index contributed by atoms with van der Waals surface area (Å²) in [4.78, 5) is 16.5. The summed E-state index contributed by atoms with van der Waals surface area (Å²) in [5.41, 5.74) is 2.92. The third-order valence-corrected chi connectivity index (χ3v) is 5.53. The fraction of sp³-hybridized carbons (Fsp3) is 0.400. The number of H-pyrrole nitrogens is 1. The van der Waals surface area contributed by atoms with E-state index < -0.39 is 12.7 Å². The lowest BCUT2D eigenvalue weighted by atomic mass is 9.93. The fourth-order valence-electron chi connectivity index (χ4n) is 4.04. The molecule has 0 atom stereocenters. The average Bonchev–Trinajstić information content (AvgIpc) is 3.40. The lowest BCUT2D eigenvalue weighted by molar-refractivity contribution is -0.169. The number of anilines is 1. The maximum absolute atomic E-state index is 12.4. The number of ether oxygens (including phenoxy) is 2. The minimum atomic E-state index is -2.73. The van der Waals surface area contributed by atoms with Gasteiger partial charge in [0.25, 0.3) is 0 Å². The lowest BCUT2D eigenvalue weighted by Crippen LogP contribution is -2.31. The van der Waals surface area contributed by atoms with Crippen LogP contribution in [0.3, 0.4) is 0 Å². The predicted molar refractivity (Wildman–Crippen MR) is 109 cm³/mol. The van der Waals surface area contributed by atoms with Gasteiger partial charge in [0.15, 0.2) is 5.65 Å². The van der Waals surface area contributed by atoms with Crippen LogP contribution in [0, 0.1) is 0 Å². The van der Waals surface area contributed by atoms with Crippen LogP contribution in [0.4, 0.5) is 14.7 Å². The van der Waals surface area contributed by atoms with Gasteiger partial charge in [-0.1, -0.05) is 0 Å². The van der Waals surface area contributed by atoms with Crippen molar-refractivity contribution in [1.82, 2.24) is 29.5 Å². The van der Waals surface area contributed by atoms with E-state index in [1.807, 2.05) is 18.3 Å². The van der Waals surface area contributed by atoms with Crippen LogP contribution < -0.4 is 10.1 Å². The highest BCUT2D eigenvalue weighted by Crippen LogP contribution is 2.34. The molecule has 0 amide bonds. The smallest absolute Gasteiger partial charge is 0.345 e. The SMILES string of the molecule is COc1nc(NC2CCC(OC(F)F)CC2)nc2[nH]cc(-c3ccc4nccn4n3)c12. The van der Waals surface area contributed by atoms with E-state index in [0.29, 0.717) is 43.2 Å². The normalized spacial score (nSPS) is 19.4. The van der Waals surface area contributed by atoms with Crippen molar-refractivity contribution in [1.29, 1.82) is 0 Å². The molecule has 0 aromatic carbocycles. The molecule has 0 spiro atoms. The Labute approximate surface area is 175 Å². The Morgan fingerprint density at radius 1 is 1.19 bits per heavy atom. The first-order valence-electron chi connectivity index (χ1n) is 10.0. The molecule has 5 rings (SSSR count). The Balaban J connectivity index is 1.39. The molecule has 4 heterocycles. The number of aromatic nitrogens is 6. The highest BCUT2D eigenvalue weighted by molar-refractivity contribution is 5.96. The van der Waals surface area contributed by atoms with Crippen LogP contribution >= 0.6 is 0 Å². The molecule has 1 saturated carbocycles. The number of imidazole rings is 1. The molecule has 0 radical (unpaired) electrons. The van der Waals surface area contributed by atoms with Gasteiger partial charge in [-0.3, -0.25) is 0 Å². The van der Waals surface area contributed by atoms with Crippen LogP contribution in [-0.4, -0.2) is 55.4 Å². The zero-order valence-corrected chi connectivity index (χ0v) is 16.8. The summed E-state index contributed by atoms with van der Waals surface area (Å²) in [7, 11) is 1.56. The van der Waals surface area contributed by atoms with Gasteiger partial charge in [-0.05, 0) is 37.8 Å². The van der Waals surface area contributed by atoms with Gasteiger partial charge < -0.3 is 19.8 Å². The molecule has 2 N–H and O–H groups in total. The van der Waals surface area contributed by atoms with Crippen LogP contribution in [0.25, 0.3) is 27.9 Å². The largest absolute Gasteiger partial charge is 0.480 e. The molecule has 0 saturated heterocycles. The van der Waals surface area contributed by atoms with Crippen molar-refractivity contribution >= 4 is 22.6 Å². The second kappa shape index (κ2) is 8.06. The minimum absolute atomic E-state index is 0.0828. The van der Waals surface area contributed by atoms with Crippen molar-refractivity contribution in [2.75, 3.05) is 12.4 Å². The van der Waals surface area contributed by atoms with Crippen LogP contribution in [0.2, 0.25) is 0 Å². The first kappa shape index (κ1) is 19.6. The van der Waals surface area contributed by atoms with Crippen molar-refractivity contribution in [3.8, 4) is 17.1 Å². The van der Waals surface area contributed by atoms with E-state index in [0.717, 1.165) is 22.3 Å². The lowest BCUT2D eigenvalue weighted by Gasteiger charge is -2.28. The van der Waals surface area contributed by atoms with E-state index in [-0.39, 0.29) is 6.04 Å². The first-order chi connectivity index (χ1) is 15.1.